The van der Waals surface area contributed by atoms with Crippen LogP contribution in [0.2, 0.25) is 0 Å². The summed E-state index contributed by atoms with van der Waals surface area (Å²) in [4.78, 5) is 11.8. The number of hydrogen-bond acceptors (Lipinski definition) is 2. The van der Waals surface area contributed by atoms with E-state index in [0.29, 0.717) is 24.3 Å². The molecule has 3 rings (SSSR count). The molecule has 1 saturated carbocycles. The van der Waals surface area contributed by atoms with E-state index in [9.17, 15) is 4.79 Å². The lowest BCUT2D eigenvalue weighted by Crippen LogP contribution is -2.32. The van der Waals surface area contributed by atoms with E-state index in [-0.39, 0.29) is 24.4 Å². The zero-order valence-electron chi connectivity index (χ0n) is 11.1. The number of benzene rings is 1. The molecule has 0 saturated heterocycles. The number of amides is 1. The average Bonchev–Trinajstić information content (AvgIpc) is 3.02. The third kappa shape index (κ3) is 2.77. The van der Waals surface area contributed by atoms with Gasteiger partial charge in [-0.1, -0.05) is 24.3 Å². The molecule has 2 aliphatic carbocycles. The van der Waals surface area contributed by atoms with Crippen LogP contribution in [-0.4, -0.2) is 18.0 Å². The number of hydrogen-bond donors (Lipinski definition) is 2. The largest absolute Gasteiger partial charge is 0.352 e. The zero-order chi connectivity index (χ0) is 12.7. The molecular formula is C15H21ClN2O. The SMILES string of the molecule is CC(N)CC(=O)NC1C2CCc3ccccc3C21.Cl. The van der Waals surface area contributed by atoms with E-state index in [0.717, 1.165) is 6.42 Å². The monoisotopic (exact) mass is 280 g/mol. The smallest absolute Gasteiger partial charge is 0.221 e. The first-order valence-electron chi connectivity index (χ1n) is 6.79. The first-order chi connectivity index (χ1) is 8.66. The van der Waals surface area contributed by atoms with E-state index in [4.69, 9.17) is 5.73 Å². The van der Waals surface area contributed by atoms with Crippen molar-refractivity contribution in [3.05, 3.63) is 35.4 Å². The van der Waals surface area contributed by atoms with Crippen LogP contribution in [0.25, 0.3) is 0 Å². The minimum Gasteiger partial charge on any atom is -0.352 e. The third-order valence-electron chi connectivity index (χ3n) is 4.16. The molecular weight excluding hydrogens is 260 g/mol. The fraction of sp³-hybridized carbons (Fsp3) is 0.533. The van der Waals surface area contributed by atoms with Crippen molar-refractivity contribution in [2.75, 3.05) is 0 Å². The molecule has 0 bridgehead atoms. The second-order valence-corrected chi connectivity index (χ2v) is 5.70. The van der Waals surface area contributed by atoms with Crippen molar-refractivity contribution in [2.45, 2.75) is 44.2 Å². The first kappa shape index (κ1) is 14.4. The van der Waals surface area contributed by atoms with E-state index in [2.05, 4.69) is 29.6 Å². The van der Waals surface area contributed by atoms with Gasteiger partial charge in [0.25, 0.3) is 0 Å². The van der Waals surface area contributed by atoms with E-state index in [1.165, 1.54) is 17.5 Å². The van der Waals surface area contributed by atoms with Gasteiger partial charge in [-0.2, -0.15) is 0 Å². The van der Waals surface area contributed by atoms with Gasteiger partial charge in [-0.15, -0.1) is 12.4 Å². The fourth-order valence-corrected chi connectivity index (χ4v) is 3.30. The van der Waals surface area contributed by atoms with Gasteiger partial charge in [0.05, 0.1) is 0 Å². The predicted octanol–water partition coefficient (Wildman–Crippen LogP) is 1.99. The van der Waals surface area contributed by atoms with Crippen LogP contribution >= 0.6 is 12.4 Å². The Kier molecular flexibility index (Phi) is 4.16. The third-order valence-corrected chi connectivity index (χ3v) is 4.16. The van der Waals surface area contributed by atoms with Crippen LogP contribution in [0, 0.1) is 5.92 Å². The molecule has 1 aromatic rings. The highest BCUT2D eigenvalue weighted by Crippen LogP contribution is 2.54. The normalized spacial score (nSPS) is 28.4. The Balaban J connectivity index is 0.00000133. The van der Waals surface area contributed by atoms with Crippen molar-refractivity contribution in [3.8, 4) is 0 Å². The average molecular weight is 281 g/mol. The molecule has 3 N–H and O–H groups in total. The maximum atomic E-state index is 11.8. The van der Waals surface area contributed by atoms with E-state index in [1.54, 1.807) is 0 Å². The summed E-state index contributed by atoms with van der Waals surface area (Å²) in [5, 5.41) is 3.15. The molecule has 0 radical (unpaired) electrons. The molecule has 0 aromatic heterocycles. The predicted molar refractivity (Wildman–Crippen MR) is 78.4 cm³/mol. The summed E-state index contributed by atoms with van der Waals surface area (Å²) in [6, 6.07) is 8.91. The highest BCUT2D eigenvalue weighted by atomic mass is 35.5. The molecule has 4 unspecified atom stereocenters. The number of rotatable bonds is 3. The number of aryl methyl sites for hydroxylation is 1. The van der Waals surface area contributed by atoms with Crippen molar-refractivity contribution < 1.29 is 4.79 Å². The Morgan fingerprint density at radius 2 is 2.21 bits per heavy atom. The Bertz CT molecular complexity index is 475. The van der Waals surface area contributed by atoms with E-state index < -0.39 is 0 Å². The van der Waals surface area contributed by atoms with Crippen molar-refractivity contribution in [1.82, 2.24) is 5.32 Å². The van der Waals surface area contributed by atoms with Crippen molar-refractivity contribution in [2.24, 2.45) is 11.7 Å². The van der Waals surface area contributed by atoms with E-state index in [1.807, 2.05) is 6.92 Å². The van der Waals surface area contributed by atoms with Crippen LogP contribution in [0.5, 0.6) is 0 Å². The number of halogens is 1. The Morgan fingerprint density at radius 1 is 1.47 bits per heavy atom. The summed E-state index contributed by atoms with van der Waals surface area (Å²) < 4.78 is 0. The van der Waals surface area contributed by atoms with Gasteiger partial charge in [-0.25, -0.2) is 0 Å². The molecule has 1 fully saturated rings. The van der Waals surface area contributed by atoms with Gasteiger partial charge in [0.1, 0.15) is 0 Å². The lowest BCUT2D eigenvalue weighted by atomic mass is 9.92. The van der Waals surface area contributed by atoms with Gasteiger partial charge in [-0.3, -0.25) is 4.79 Å². The molecule has 0 spiro atoms. The molecule has 0 heterocycles. The minimum atomic E-state index is -0.0573. The van der Waals surface area contributed by atoms with Crippen molar-refractivity contribution >= 4 is 18.3 Å². The van der Waals surface area contributed by atoms with Crippen LogP contribution in [0.3, 0.4) is 0 Å². The van der Waals surface area contributed by atoms with Gasteiger partial charge in [-0.05, 0) is 36.8 Å². The first-order valence-corrected chi connectivity index (χ1v) is 6.79. The fourth-order valence-electron chi connectivity index (χ4n) is 3.30. The second-order valence-electron chi connectivity index (χ2n) is 5.70. The van der Waals surface area contributed by atoms with Gasteiger partial charge in [0.2, 0.25) is 5.91 Å². The standard InChI is InChI=1S/C15H20N2O.ClH/c1-9(16)8-13(18)17-15-12-7-6-10-4-2-3-5-11(10)14(12)15;/h2-5,9,12,14-15H,6-8,16H2,1H3,(H,17,18);1H. The highest BCUT2D eigenvalue weighted by molar-refractivity contribution is 5.85. The van der Waals surface area contributed by atoms with E-state index >= 15 is 0 Å². The summed E-state index contributed by atoms with van der Waals surface area (Å²) in [6.45, 7) is 1.87. The zero-order valence-corrected chi connectivity index (χ0v) is 12.0. The topological polar surface area (TPSA) is 55.1 Å². The summed E-state index contributed by atoms with van der Waals surface area (Å²) >= 11 is 0. The molecule has 1 amide bonds. The van der Waals surface area contributed by atoms with Gasteiger partial charge in [0.15, 0.2) is 0 Å². The van der Waals surface area contributed by atoms with Crippen LogP contribution in [-0.2, 0) is 11.2 Å². The van der Waals surface area contributed by atoms with Gasteiger partial charge in [0, 0.05) is 24.4 Å². The summed E-state index contributed by atoms with van der Waals surface area (Å²) in [5.74, 6) is 1.30. The molecule has 2 aliphatic rings. The summed E-state index contributed by atoms with van der Waals surface area (Å²) in [5.41, 5.74) is 8.56. The van der Waals surface area contributed by atoms with Crippen LogP contribution in [0.4, 0.5) is 0 Å². The molecule has 104 valence electrons. The maximum Gasteiger partial charge on any atom is 0.221 e. The van der Waals surface area contributed by atoms with Crippen LogP contribution in [0.15, 0.2) is 24.3 Å². The lowest BCUT2D eigenvalue weighted by Gasteiger charge is -2.13. The summed E-state index contributed by atoms with van der Waals surface area (Å²) in [6.07, 6.45) is 2.78. The van der Waals surface area contributed by atoms with Gasteiger partial charge >= 0.3 is 0 Å². The van der Waals surface area contributed by atoms with Crippen LogP contribution in [0.1, 0.15) is 36.8 Å². The minimum absolute atomic E-state index is 0. The molecule has 4 atom stereocenters. The molecule has 19 heavy (non-hydrogen) atoms. The Morgan fingerprint density at radius 3 is 2.95 bits per heavy atom. The number of carbonyl (C=O) groups excluding carboxylic acids is 1. The number of carbonyl (C=O) groups is 1. The summed E-state index contributed by atoms with van der Waals surface area (Å²) in [7, 11) is 0. The number of fused-ring (bicyclic) bond motifs is 3. The Hall–Kier alpha value is -1.06. The quantitative estimate of drug-likeness (QED) is 0.890. The number of nitrogens with one attached hydrogen (secondary N) is 1. The molecule has 1 aromatic carbocycles. The molecule has 0 aliphatic heterocycles. The van der Waals surface area contributed by atoms with Crippen molar-refractivity contribution in [1.29, 1.82) is 0 Å². The highest BCUT2D eigenvalue weighted by Gasteiger charge is 2.53. The maximum absolute atomic E-state index is 11.8. The molecule has 4 heteroatoms. The number of nitrogens with two attached hydrogens (primary N) is 1. The molecule has 3 nitrogen and oxygen atoms in total. The van der Waals surface area contributed by atoms with Crippen molar-refractivity contribution in [3.63, 3.8) is 0 Å². The van der Waals surface area contributed by atoms with Crippen LogP contribution < -0.4 is 11.1 Å². The van der Waals surface area contributed by atoms with Gasteiger partial charge < -0.3 is 11.1 Å². The Labute approximate surface area is 120 Å². The second kappa shape index (κ2) is 5.51. The lowest BCUT2D eigenvalue weighted by molar-refractivity contribution is -0.121.